The van der Waals surface area contributed by atoms with Gasteiger partial charge in [0.2, 0.25) is 0 Å². The first kappa shape index (κ1) is 29.9. The highest BCUT2D eigenvalue weighted by atomic mass is 32.2. The lowest BCUT2D eigenvalue weighted by atomic mass is 9.84. The van der Waals surface area contributed by atoms with Crippen LogP contribution in [-0.4, -0.2) is 68.7 Å². The van der Waals surface area contributed by atoms with Crippen LogP contribution in [0.4, 0.5) is 16.2 Å². The van der Waals surface area contributed by atoms with Crippen molar-refractivity contribution in [1.82, 2.24) is 14.2 Å². The van der Waals surface area contributed by atoms with Crippen LogP contribution in [-0.2, 0) is 15.7 Å². The molecule has 12 heteroatoms. The molecule has 0 spiro atoms. The summed E-state index contributed by atoms with van der Waals surface area (Å²) in [7, 11) is 2.16. The number of benzene rings is 1. The van der Waals surface area contributed by atoms with Crippen LogP contribution >= 0.6 is 0 Å². The molecule has 1 unspecified atom stereocenters. The van der Waals surface area contributed by atoms with Crippen LogP contribution in [0.2, 0.25) is 0 Å². The molecule has 1 saturated heterocycles. The Balaban J connectivity index is 1.88. The second-order valence-electron chi connectivity index (χ2n) is 10.8. The average molecular weight is 556 g/mol. The van der Waals surface area contributed by atoms with E-state index in [0.717, 1.165) is 5.56 Å². The molecule has 0 radical (unpaired) electrons. The number of H-pyrrole nitrogens is 1. The Morgan fingerprint density at radius 1 is 1.31 bits per heavy atom. The number of amidine groups is 1. The number of pyridine rings is 1. The number of hydrogen-bond donors (Lipinski definition) is 3. The molecule has 4 N–H and O–H groups in total. The summed E-state index contributed by atoms with van der Waals surface area (Å²) in [5.41, 5.74) is 6.54. The number of aryl methyl sites for hydroxylation is 1. The Morgan fingerprint density at radius 2 is 1.97 bits per heavy atom. The van der Waals surface area contributed by atoms with Crippen LogP contribution in [0, 0.1) is 18.3 Å². The van der Waals surface area contributed by atoms with Gasteiger partial charge < -0.3 is 25.7 Å². The molecule has 1 aromatic carbocycles. The largest absolute Gasteiger partial charge is 0.444 e. The topological polar surface area (TPSA) is 157 Å². The number of ether oxygens (including phenoxy) is 1. The van der Waals surface area contributed by atoms with Crippen molar-refractivity contribution in [3.63, 3.8) is 0 Å². The number of rotatable bonds is 7. The molecule has 3 rings (SSSR count). The van der Waals surface area contributed by atoms with Crippen molar-refractivity contribution in [3.8, 4) is 6.07 Å². The zero-order valence-electron chi connectivity index (χ0n) is 23.3. The molecule has 1 aliphatic rings. The number of carbonyl (C=O) groups is 1. The van der Waals surface area contributed by atoms with E-state index in [-0.39, 0.29) is 17.8 Å². The monoisotopic (exact) mass is 555 g/mol. The Hall–Kier alpha value is -3.69. The van der Waals surface area contributed by atoms with E-state index in [0.29, 0.717) is 42.2 Å². The maximum Gasteiger partial charge on any atom is 0.410 e. The Labute approximate surface area is 231 Å². The lowest BCUT2D eigenvalue weighted by molar-refractivity contribution is 0.0179. The minimum atomic E-state index is -1.30. The molecule has 2 heterocycles. The number of nitrogens with zero attached hydrogens (tertiary/aromatic N) is 4. The van der Waals surface area contributed by atoms with Crippen LogP contribution in [0.3, 0.4) is 0 Å². The van der Waals surface area contributed by atoms with E-state index >= 15 is 0 Å². The molecule has 39 heavy (non-hydrogen) atoms. The molecule has 1 amide bonds. The molecule has 0 aliphatic carbocycles. The number of anilines is 1. The van der Waals surface area contributed by atoms with E-state index in [4.69, 9.17) is 10.5 Å². The number of nitriles is 1. The van der Waals surface area contributed by atoms with E-state index in [1.165, 1.54) is 6.20 Å². The number of piperidine rings is 1. The normalized spacial score (nSPS) is 16.5. The molecule has 2 aromatic rings. The van der Waals surface area contributed by atoms with Gasteiger partial charge in [0.05, 0.1) is 34.3 Å². The molecule has 1 aromatic heterocycles. The van der Waals surface area contributed by atoms with Gasteiger partial charge in [0, 0.05) is 19.3 Å². The van der Waals surface area contributed by atoms with Gasteiger partial charge in [0.1, 0.15) is 28.0 Å². The van der Waals surface area contributed by atoms with E-state index in [9.17, 15) is 19.1 Å². The van der Waals surface area contributed by atoms with Gasteiger partial charge in [-0.15, -0.1) is 0 Å². The quantitative estimate of drug-likeness (QED) is 0.349. The molecule has 210 valence electrons. The smallest absolute Gasteiger partial charge is 0.410 e. The van der Waals surface area contributed by atoms with E-state index < -0.39 is 33.8 Å². The highest BCUT2D eigenvalue weighted by molar-refractivity contribution is 7.82. The van der Waals surface area contributed by atoms with E-state index in [2.05, 4.69) is 21.4 Å². The van der Waals surface area contributed by atoms with Crippen molar-refractivity contribution in [2.24, 2.45) is 10.7 Å². The van der Waals surface area contributed by atoms with Crippen LogP contribution in [0.1, 0.15) is 51.2 Å². The third-order valence-electron chi connectivity index (χ3n) is 6.33. The first-order valence-electron chi connectivity index (χ1n) is 12.6. The minimum absolute atomic E-state index is 0.00136. The number of aromatic amines is 1. The number of aliphatic imine (C=N–C) groups is 1. The van der Waals surface area contributed by atoms with E-state index in [1.54, 1.807) is 47.6 Å². The number of aromatic nitrogens is 1. The minimum Gasteiger partial charge on any atom is -0.444 e. The number of nitrogens with one attached hydrogen (secondary N) is 2. The fraction of sp³-hybridized carbons (Fsp3) is 0.481. The molecular weight excluding hydrogens is 518 g/mol. The number of nitrogens with two attached hydrogens (primary N) is 1. The fourth-order valence-electron chi connectivity index (χ4n) is 4.35. The third kappa shape index (κ3) is 7.46. The van der Waals surface area contributed by atoms with Gasteiger partial charge in [0.25, 0.3) is 5.56 Å². The lowest BCUT2D eigenvalue weighted by Crippen LogP contribution is -2.52. The summed E-state index contributed by atoms with van der Waals surface area (Å²) in [6.07, 6.45) is 2.24. The van der Waals surface area contributed by atoms with Crippen LogP contribution in [0.5, 0.6) is 0 Å². The summed E-state index contributed by atoms with van der Waals surface area (Å²) in [5.74, 6) is -0.00136. The van der Waals surface area contributed by atoms with Crippen molar-refractivity contribution in [2.75, 3.05) is 32.5 Å². The second kappa shape index (κ2) is 12.0. The molecule has 0 bridgehead atoms. The summed E-state index contributed by atoms with van der Waals surface area (Å²) >= 11 is 0. The summed E-state index contributed by atoms with van der Waals surface area (Å²) in [5, 5.41) is 13.0. The molecular formula is C27H37N7O4S. The number of amides is 1. The van der Waals surface area contributed by atoms with Gasteiger partial charge in [-0.25, -0.2) is 18.3 Å². The molecule has 1 aliphatic heterocycles. The van der Waals surface area contributed by atoms with Gasteiger partial charge in [-0.2, -0.15) is 5.26 Å². The van der Waals surface area contributed by atoms with Crippen LogP contribution in [0.25, 0.3) is 0 Å². The van der Waals surface area contributed by atoms with Crippen molar-refractivity contribution in [2.45, 2.75) is 63.0 Å². The highest BCUT2D eigenvalue weighted by Gasteiger charge is 2.38. The van der Waals surface area contributed by atoms with Gasteiger partial charge in [-0.05, 0) is 84.5 Å². The molecule has 11 nitrogen and oxygen atoms in total. The molecule has 0 saturated carbocycles. The fourth-order valence-corrected chi connectivity index (χ4v) is 5.27. The predicted molar refractivity (Wildman–Crippen MR) is 152 cm³/mol. The maximum atomic E-state index is 12.9. The number of hydrogen-bond acceptors (Lipinski definition) is 7. The Morgan fingerprint density at radius 3 is 2.54 bits per heavy atom. The zero-order valence-corrected chi connectivity index (χ0v) is 24.1. The predicted octanol–water partition coefficient (Wildman–Crippen LogP) is 3.40. The van der Waals surface area contributed by atoms with Gasteiger partial charge in [0.15, 0.2) is 0 Å². The Kier molecular flexibility index (Phi) is 9.19. The standard InChI is InChI=1S/C27H37N7O4S/c1-18-17-19(7-8-21(18)39(37)33(5)6)31-23(29)22-20(9-14-30-24(22)35)32-27(10-13-28)11-15-34(16-12-27)25(36)38-26(2,3)4/h7-9,14,17H,10-12,15-16H2,1-6H3,(H2,29,31)(H2,30,32,35). The molecule has 1 fully saturated rings. The summed E-state index contributed by atoms with van der Waals surface area (Å²) in [6.45, 7) is 8.08. The van der Waals surface area contributed by atoms with E-state index in [1.807, 2.05) is 27.7 Å². The van der Waals surface area contributed by atoms with Crippen LogP contribution < -0.4 is 16.6 Å². The zero-order chi connectivity index (χ0) is 29.0. The van der Waals surface area contributed by atoms with Gasteiger partial charge in [-0.1, -0.05) is 0 Å². The summed E-state index contributed by atoms with van der Waals surface area (Å²) < 4.78 is 19.6. The first-order chi connectivity index (χ1) is 18.2. The molecule has 1 atom stereocenters. The van der Waals surface area contributed by atoms with Crippen molar-refractivity contribution in [1.29, 1.82) is 5.26 Å². The Bertz CT molecular complexity index is 1360. The number of likely N-dealkylation sites (tertiary alicyclic amines) is 1. The summed E-state index contributed by atoms with van der Waals surface area (Å²) in [6, 6.07) is 9.12. The summed E-state index contributed by atoms with van der Waals surface area (Å²) in [4.78, 5) is 34.8. The van der Waals surface area contributed by atoms with Crippen molar-refractivity contribution >= 4 is 34.3 Å². The van der Waals surface area contributed by atoms with Crippen LogP contribution in [0.15, 0.2) is 45.1 Å². The van der Waals surface area contributed by atoms with Gasteiger partial charge >= 0.3 is 6.09 Å². The second-order valence-corrected chi connectivity index (χ2v) is 12.5. The third-order valence-corrected chi connectivity index (χ3v) is 7.83. The highest BCUT2D eigenvalue weighted by Crippen LogP contribution is 2.32. The SMILES string of the molecule is Cc1cc(N=C(N)c2c(NC3(CC#N)CCN(C(=O)OC(C)(C)C)CC3)cc[nH]c2=O)ccc1S(=O)N(C)C. The van der Waals surface area contributed by atoms with Gasteiger partial charge in [-0.3, -0.25) is 4.79 Å². The maximum absolute atomic E-state index is 12.9. The lowest BCUT2D eigenvalue weighted by Gasteiger charge is -2.42. The number of carbonyl (C=O) groups excluding carboxylic acids is 1. The average Bonchev–Trinajstić information content (AvgIpc) is 2.83. The van der Waals surface area contributed by atoms with Crippen molar-refractivity contribution < 1.29 is 13.7 Å². The first-order valence-corrected chi connectivity index (χ1v) is 13.7. The van der Waals surface area contributed by atoms with Crippen molar-refractivity contribution in [3.05, 3.63) is 51.9 Å².